The van der Waals surface area contributed by atoms with Crippen LogP contribution >= 0.6 is 0 Å². The Morgan fingerprint density at radius 2 is 1.14 bits per heavy atom. The zero-order valence-electron chi connectivity index (χ0n) is 33.7. The van der Waals surface area contributed by atoms with Gasteiger partial charge in [-0.05, 0) is 62.8 Å². The molecule has 2 N–H and O–H groups in total. The number of benzene rings is 2. The van der Waals surface area contributed by atoms with E-state index in [1.54, 1.807) is 26.0 Å². The number of carboxylic acids is 1. The summed E-state index contributed by atoms with van der Waals surface area (Å²) in [5, 5.41) is 11.5. The highest BCUT2D eigenvalue weighted by Crippen LogP contribution is 2.29. The van der Waals surface area contributed by atoms with Crippen molar-refractivity contribution in [1.82, 2.24) is 5.32 Å². The number of esters is 4. The summed E-state index contributed by atoms with van der Waals surface area (Å²) in [5.74, 6) is -5.43. The van der Waals surface area contributed by atoms with E-state index >= 15 is 0 Å². The Balaban J connectivity index is 1.97. The number of hydrogen-bond acceptors (Lipinski definition) is 10. The lowest BCUT2D eigenvalue weighted by Crippen LogP contribution is -2.49. The van der Waals surface area contributed by atoms with Gasteiger partial charge in [0.25, 0.3) is 5.91 Å². The van der Waals surface area contributed by atoms with Crippen molar-refractivity contribution in [1.29, 1.82) is 0 Å². The normalized spacial score (nSPS) is 12.5. The third-order valence-electron chi connectivity index (χ3n) is 7.97. The zero-order chi connectivity index (χ0) is 42.6. The summed E-state index contributed by atoms with van der Waals surface area (Å²) in [4.78, 5) is 75.3. The molecule has 12 heteroatoms. The molecule has 0 fully saturated rings. The lowest BCUT2D eigenvalue weighted by Gasteiger charge is -2.32. The molecule has 58 heavy (non-hydrogen) atoms. The van der Waals surface area contributed by atoms with Gasteiger partial charge in [-0.1, -0.05) is 118 Å². The van der Waals surface area contributed by atoms with E-state index in [2.05, 4.69) is 60.8 Å². The third kappa shape index (κ3) is 19.5. The van der Waals surface area contributed by atoms with E-state index in [4.69, 9.17) is 24.1 Å². The van der Waals surface area contributed by atoms with Crippen LogP contribution in [-0.2, 0) is 28.7 Å². The molecule has 1 unspecified atom stereocenters. The molecule has 310 valence electrons. The number of ether oxygens (including phenoxy) is 4. The van der Waals surface area contributed by atoms with Gasteiger partial charge in [-0.2, -0.15) is 0 Å². The standard InChI is InChI=1S/C46H55NO11/c1-5-6-7-8-9-10-11-12-13-14-15-16-17-18-19-20-21-22-31-41(51)55-34-46(3,4)42(43(52)47-33-32-40(49)50)58-45(54)37-28-24-26-30-39(37)57-44(53)36-27-23-25-29-38(36)56-35(2)48/h6-7,9-10,12-13,15-16,18-19,21-30,42H,5,8,11,14,17,20,31-34H2,1-4H3,(H,47,52)(H,49,50)/b7-6-,10-9-,13-12-,16-15-,19-18-,22-21-. The van der Waals surface area contributed by atoms with Crippen molar-refractivity contribution in [3.8, 4) is 11.5 Å². The highest BCUT2D eigenvalue weighted by atomic mass is 16.6. The van der Waals surface area contributed by atoms with Gasteiger partial charge in [-0.15, -0.1) is 0 Å². The second-order valence-corrected chi connectivity index (χ2v) is 13.5. The van der Waals surface area contributed by atoms with Crippen LogP contribution in [0.4, 0.5) is 0 Å². The molecule has 0 saturated carbocycles. The van der Waals surface area contributed by atoms with E-state index in [1.165, 1.54) is 49.4 Å². The molecule has 1 amide bonds. The molecule has 0 radical (unpaired) electrons. The molecular weight excluding hydrogens is 743 g/mol. The van der Waals surface area contributed by atoms with Gasteiger partial charge < -0.3 is 29.4 Å². The molecule has 0 aromatic heterocycles. The Labute approximate surface area is 341 Å². The van der Waals surface area contributed by atoms with Crippen LogP contribution in [0.3, 0.4) is 0 Å². The third-order valence-corrected chi connectivity index (χ3v) is 7.97. The number of hydrogen-bond donors (Lipinski definition) is 2. The van der Waals surface area contributed by atoms with Gasteiger partial charge in [0.1, 0.15) is 29.2 Å². The van der Waals surface area contributed by atoms with Crippen molar-refractivity contribution in [2.75, 3.05) is 13.2 Å². The maximum absolute atomic E-state index is 13.6. The number of aliphatic carboxylic acids is 1. The van der Waals surface area contributed by atoms with Crippen molar-refractivity contribution in [2.45, 2.75) is 85.2 Å². The summed E-state index contributed by atoms with van der Waals surface area (Å²) in [7, 11) is 0. The minimum Gasteiger partial charge on any atom is -0.481 e. The minimum atomic E-state index is -1.57. The van der Waals surface area contributed by atoms with E-state index in [0.717, 1.165) is 32.1 Å². The van der Waals surface area contributed by atoms with E-state index in [-0.39, 0.29) is 48.6 Å². The molecule has 0 heterocycles. The Morgan fingerprint density at radius 3 is 1.64 bits per heavy atom. The number of carbonyl (C=O) groups excluding carboxylic acids is 5. The molecule has 2 rings (SSSR count). The SMILES string of the molecule is CC/C=C\C/C=C\C/C=C\C/C=C\C/C=C\C/C=C\CC(=O)OCC(C)(C)C(OC(=O)c1ccccc1OC(=O)c1ccccc1OC(C)=O)C(=O)NCCC(=O)O. The van der Waals surface area contributed by atoms with Crippen LogP contribution in [0, 0.1) is 5.41 Å². The molecule has 0 aliphatic carbocycles. The van der Waals surface area contributed by atoms with Crippen molar-refractivity contribution < 1.29 is 52.8 Å². The lowest BCUT2D eigenvalue weighted by atomic mass is 9.86. The Morgan fingerprint density at radius 1 is 0.672 bits per heavy atom. The van der Waals surface area contributed by atoms with Crippen LogP contribution in [-0.4, -0.2) is 60.1 Å². The van der Waals surface area contributed by atoms with Gasteiger partial charge in [-0.3, -0.25) is 19.2 Å². The number of para-hydroxylation sites is 2. The van der Waals surface area contributed by atoms with Crippen molar-refractivity contribution in [3.63, 3.8) is 0 Å². The average Bonchev–Trinajstić information content (AvgIpc) is 3.18. The van der Waals surface area contributed by atoms with E-state index in [9.17, 15) is 28.8 Å². The summed E-state index contributed by atoms with van der Waals surface area (Å²) in [6.07, 6.45) is 27.9. The van der Waals surface area contributed by atoms with Gasteiger partial charge in [0.05, 0.1) is 12.8 Å². The van der Waals surface area contributed by atoms with E-state index in [1.807, 2.05) is 18.2 Å². The average molecular weight is 798 g/mol. The first-order valence-electron chi connectivity index (χ1n) is 19.2. The molecule has 0 saturated heterocycles. The van der Waals surface area contributed by atoms with Crippen LogP contribution in [0.25, 0.3) is 0 Å². The van der Waals surface area contributed by atoms with Crippen LogP contribution in [0.2, 0.25) is 0 Å². The first kappa shape index (κ1) is 47.9. The van der Waals surface area contributed by atoms with Crippen LogP contribution in [0.5, 0.6) is 11.5 Å². The number of nitrogens with one attached hydrogen (secondary N) is 1. The monoisotopic (exact) mass is 797 g/mol. The number of rotatable bonds is 25. The Kier molecular flexibility index (Phi) is 22.5. The highest BCUT2D eigenvalue weighted by Gasteiger charge is 2.40. The van der Waals surface area contributed by atoms with Gasteiger partial charge >= 0.3 is 29.8 Å². The quantitative estimate of drug-likeness (QED) is 0.0560. The summed E-state index contributed by atoms with van der Waals surface area (Å²) in [6.45, 7) is 5.81. The van der Waals surface area contributed by atoms with E-state index in [0.29, 0.717) is 6.42 Å². The smallest absolute Gasteiger partial charge is 0.347 e. The van der Waals surface area contributed by atoms with Gasteiger partial charge in [0, 0.05) is 18.9 Å². The Bertz CT molecular complexity index is 1850. The van der Waals surface area contributed by atoms with Gasteiger partial charge in [0.2, 0.25) is 0 Å². The molecule has 2 aromatic rings. The number of carboxylic acid groups (broad SMARTS) is 1. The molecular formula is C46H55NO11. The van der Waals surface area contributed by atoms with Crippen LogP contribution in [0.1, 0.15) is 99.8 Å². The predicted octanol–water partition coefficient (Wildman–Crippen LogP) is 8.60. The minimum absolute atomic E-state index is 0.0324. The first-order chi connectivity index (χ1) is 27.9. The summed E-state index contributed by atoms with van der Waals surface area (Å²) in [5.41, 5.74) is -1.59. The second kappa shape index (κ2) is 27.3. The molecule has 2 aromatic carbocycles. The molecule has 0 spiro atoms. The maximum atomic E-state index is 13.6. The Hall–Kier alpha value is -6.30. The van der Waals surface area contributed by atoms with Crippen molar-refractivity contribution >= 4 is 35.8 Å². The second-order valence-electron chi connectivity index (χ2n) is 13.5. The fourth-order valence-electron chi connectivity index (χ4n) is 4.98. The lowest BCUT2D eigenvalue weighted by molar-refractivity contribution is -0.153. The zero-order valence-corrected chi connectivity index (χ0v) is 33.7. The number of allylic oxidation sites excluding steroid dienone is 11. The number of carbonyl (C=O) groups is 6. The van der Waals surface area contributed by atoms with Crippen molar-refractivity contribution in [3.05, 3.63) is 133 Å². The van der Waals surface area contributed by atoms with Gasteiger partial charge in [0.15, 0.2) is 6.10 Å². The molecule has 0 bridgehead atoms. The molecule has 0 aliphatic heterocycles. The van der Waals surface area contributed by atoms with Crippen LogP contribution in [0.15, 0.2) is 121 Å². The first-order valence-corrected chi connectivity index (χ1v) is 19.2. The predicted molar refractivity (Wildman–Crippen MR) is 221 cm³/mol. The molecule has 1 atom stereocenters. The fraction of sp³-hybridized carbons (Fsp3) is 0.348. The maximum Gasteiger partial charge on any atom is 0.347 e. The summed E-state index contributed by atoms with van der Waals surface area (Å²) in [6, 6.07) is 11.5. The highest BCUT2D eigenvalue weighted by molar-refractivity contribution is 5.99. The molecule has 0 aliphatic rings. The topological polar surface area (TPSA) is 172 Å². The largest absolute Gasteiger partial charge is 0.481 e. The van der Waals surface area contributed by atoms with Crippen molar-refractivity contribution in [2.24, 2.45) is 5.41 Å². The van der Waals surface area contributed by atoms with Crippen LogP contribution < -0.4 is 14.8 Å². The summed E-state index contributed by atoms with van der Waals surface area (Å²) >= 11 is 0. The number of amides is 1. The fourth-order valence-corrected chi connectivity index (χ4v) is 4.98. The van der Waals surface area contributed by atoms with E-state index < -0.39 is 47.3 Å². The summed E-state index contributed by atoms with van der Waals surface area (Å²) < 4.78 is 21.7. The van der Waals surface area contributed by atoms with Gasteiger partial charge in [-0.25, -0.2) is 9.59 Å². The molecule has 12 nitrogen and oxygen atoms in total.